The van der Waals surface area contributed by atoms with E-state index < -0.39 is 0 Å². The van der Waals surface area contributed by atoms with Crippen LogP contribution < -0.4 is 10.6 Å². The number of aromatic nitrogens is 1. The number of nitrogens with zero attached hydrogens (tertiary/aromatic N) is 1. The monoisotopic (exact) mass is 333 g/mol. The van der Waals surface area contributed by atoms with Crippen LogP contribution in [0, 0.1) is 13.8 Å². The summed E-state index contributed by atoms with van der Waals surface area (Å²) >= 11 is 1.75. The van der Waals surface area contributed by atoms with Gasteiger partial charge in [-0.15, -0.1) is 11.8 Å². The number of thioether (sulfide) groups is 1. The molecule has 23 heavy (non-hydrogen) atoms. The summed E-state index contributed by atoms with van der Waals surface area (Å²) in [6.07, 6.45) is 0.695. The Kier molecular flexibility index (Phi) is 6.10. The minimum Gasteiger partial charge on any atom is -0.361 e. The lowest BCUT2D eigenvalue weighted by Crippen LogP contribution is -2.37. The summed E-state index contributed by atoms with van der Waals surface area (Å²) in [6.45, 7) is 7.87. The fourth-order valence-electron chi connectivity index (χ4n) is 2.37. The molecule has 0 aliphatic heterocycles. The highest BCUT2D eigenvalue weighted by Gasteiger charge is 2.14. The number of aryl methyl sites for hydroxylation is 2. The molecule has 2 N–H and O–H groups in total. The first-order valence-corrected chi connectivity index (χ1v) is 8.70. The molecule has 0 bridgehead atoms. The standard InChI is InChI=1S/C17H23N3O2S/c1-5-23-15-8-6-7-14(10-15)19-17(21)18-11(2)9-16-12(3)20-22-13(16)4/h6-8,10-11H,5,9H2,1-4H3,(H2,18,19,21)/t11-/m0/s1. The zero-order valence-electron chi connectivity index (χ0n) is 14.0. The van der Waals surface area contributed by atoms with Gasteiger partial charge in [0.05, 0.1) is 5.69 Å². The number of carbonyl (C=O) groups is 1. The van der Waals surface area contributed by atoms with Crippen LogP contribution in [0.5, 0.6) is 0 Å². The van der Waals surface area contributed by atoms with Crippen LogP contribution in [0.4, 0.5) is 10.5 Å². The van der Waals surface area contributed by atoms with E-state index in [9.17, 15) is 4.79 Å². The van der Waals surface area contributed by atoms with Gasteiger partial charge in [0.15, 0.2) is 0 Å². The number of benzene rings is 1. The Hall–Kier alpha value is -1.95. The summed E-state index contributed by atoms with van der Waals surface area (Å²) in [7, 11) is 0. The normalized spacial score (nSPS) is 12.0. The Balaban J connectivity index is 1.90. The van der Waals surface area contributed by atoms with Gasteiger partial charge in [0.1, 0.15) is 5.76 Å². The number of nitrogens with one attached hydrogen (secondary N) is 2. The first-order valence-electron chi connectivity index (χ1n) is 7.71. The van der Waals surface area contributed by atoms with Gasteiger partial charge in [-0.2, -0.15) is 0 Å². The molecule has 0 unspecified atom stereocenters. The molecule has 6 heteroatoms. The minimum atomic E-state index is -0.206. The molecule has 0 radical (unpaired) electrons. The molecule has 0 saturated heterocycles. The van der Waals surface area contributed by atoms with Crippen molar-refractivity contribution in [1.29, 1.82) is 0 Å². The third-order valence-corrected chi connectivity index (χ3v) is 4.35. The number of anilines is 1. The molecular formula is C17H23N3O2S. The summed E-state index contributed by atoms with van der Waals surface area (Å²) in [6, 6.07) is 7.63. The molecule has 0 spiro atoms. The Morgan fingerprint density at radius 1 is 1.39 bits per heavy atom. The summed E-state index contributed by atoms with van der Waals surface area (Å²) in [5.74, 6) is 1.81. The predicted molar refractivity (Wildman–Crippen MR) is 94.1 cm³/mol. The van der Waals surface area contributed by atoms with Gasteiger partial charge in [0, 0.05) is 22.2 Å². The SMILES string of the molecule is CCSc1cccc(NC(=O)N[C@@H](C)Cc2c(C)noc2C)c1. The maximum Gasteiger partial charge on any atom is 0.319 e. The molecule has 1 heterocycles. The predicted octanol–water partition coefficient (Wildman–Crippen LogP) is 4.16. The van der Waals surface area contributed by atoms with Crippen LogP contribution in [0.15, 0.2) is 33.7 Å². The molecule has 2 rings (SSSR count). The smallest absolute Gasteiger partial charge is 0.319 e. The van der Waals surface area contributed by atoms with Gasteiger partial charge in [-0.25, -0.2) is 4.79 Å². The third-order valence-electron chi connectivity index (χ3n) is 3.47. The number of hydrogen-bond acceptors (Lipinski definition) is 4. The molecular weight excluding hydrogens is 310 g/mol. The zero-order valence-corrected chi connectivity index (χ0v) is 14.8. The second-order valence-corrected chi connectivity index (χ2v) is 6.80. The fourth-order valence-corrected chi connectivity index (χ4v) is 3.09. The van der Waals surface area contributed by atoms with E-state index in [2.05, 4.69) is 22.7 Å². The Morgan fingerprint density at radius 3 is 2.83 bits per heavy atom. The third kappa shape index (κ3) is 5.03. The quantitative estimate of drug-likeness (QED) is 0.779. The first kappa shape index (κ1) is 17.4. The largest absolute Gasteiger partial charge is 0.361 e. The van der Waals surface area contributed by atoms with E-state index in [4.69, 9.17) is 4.52 Å². The van der Waals surface area contributed by atoms with Crippen LogP contribution >= 0.6 is 11.8 Å². The average molecular weight is 333 g/mol. The number of urea groups is 1. The van der Waals surface area contributed by atoms with Crippen molar-refractivity contribution in [1.82, 2.24) is 10.5 Å². The minimum absolute atomic E-state index is 0.0139. The van der Waals surface area contributed by atoms with Gasteiger partial charge >= 0.3 is 6.03 Å². The van der Waals surface area contributed by atoms with Crippen molar-refractivity contribution in [2.45, 2.75) is 45.1 Å². The Bertz CT molecular complexity index is 650. The van der Waals surface area contributed by atoms with Crippen molar-refractivity contribution < 1.29 is 9.32 Å². The first-order chi connectivity index (χ1) is 11.0. The van der Waals surface area contributed by atoms with Crippen LogP contribution in [0.2, 0.25) is 0 Å². The van der Waals surface area contributed by atoms with Gasteiger partial charge in [0.2, 0.25) is 0 Å². The highest BCUT2D eigenvalue weighted by atomic mass is 32.2. The number of carbonyl (C=O) groups excluding carboxylic acids is 1. The summed E-state index contributed by atoms with van der Waals surface area (Å²) in [5.41, 5.74) is 2.73. The number of hydrogen-bond donors (Lipinski definition) is 2. The van der Waals surface area contributed by atoms with Crippen molar-refractivity contribution in [2.75, 3.05) is 11.1 Å². The van der Waals surface area contributed by atoms with Crippen LogP contribution in [0.1, 0.15) is 30.9 Å². The van der Waals surface area contributed by atoms with E-state index in [1.165, 1.54) is 0 Å². The highest BCUT2D eigenvalue weighted by Crippen LogP contribution is 2.21. The molecule has 1 aromatic carbocycles. The molecule has 1 aromatic heterocycles. The van der Waals surface area contributed by atoms with Gasteiger partial charge in [0.25, 0.3) is 0 Å². The van der Waals surface area contributed by atoms with E-state index in [0.717, 1.165) is 33.4 Å². The lowest BCUT2D eigenvalue weighted by atomic mass is 10.1. The maximum absolute atomic E-state index is 12.1. The highest BCUT2D eigenvalue weighted by molar-refractivity contribution is 7.99. The van der Waals surface area contributed by atoms with Crippen molar-refractivity contribution in [3.8, 4) is 0 Å². The molecule has 2 amide bonds. The van der Waals surface area contributed by atoms with Crippen molar-refractivity contribution in [2.24, 2.45) is 0 Å². The molecule has 0 saturated carbocycles. The molecule has 0 fully saturated rings. The van der Waals surface area contributed by atoms with E-state index in [0.29, 0.717) is 6.42 Å². The lowest BCUT2D eigenvalue weighted by molar-refractivity contribution is 0.249. The summed E-state index contributed by atoms with van der Waals surface area (Å²) in [5, 5.41) is 9.76. The molecule has 0 aliphatic rings. The van der Waals surface area contributed by atoms with Crippen LogP contribution in [-0.2, 0) is 6.42 Å². The Labute approximate surface area is 141 Å². The van der Waals surface area contributed by atoms with Gasteiger partial charge in [-0.3, -0.25) is 0 Å². The number of amides is 2. The maximum atomic E-state index is 12.1. The fraction of sp³-hybridized carbons (Fsp3) is 0.412. The molecule has 5 nitrogen and oxygen atoms in total. The second kappa shape index (κ2) is 8.06. The van der Waals surface area contributed by atoms with Gasteiger partial charge in [-0.05, 0) is 51.1 Å². The second-order valence-electron chi connectivity index (χ2n) is 5.47. The van der Waals surface area contributed by atoms with E-state index in [1.54, 1.807) is 11.8 Å². The molecule has 124 valence electrons. The van der Waals surface area contributed by atoms with Crippen molar-refractivity contribution in [3.05, 3.63) is 41.3 Å². The van der Waals surface area contributed by atoms with E-state index >= 15 is 0 Å². The molecule has 2 aromatic rings. The summed E-state index contributed by atoms with van der Waals surface area (Å²) in [4.78, 5) is 13.3. The zero-order chi connectivity index (χ0) is 16.8. The topological polar surface area (TPSA) is 67.2 Å². The van der Waals surface area contributed by atoms with E-state index in [-0.39, 0.29) is 12.1 Å². The van der Waals surface area contributed by atoms with Gasteiger partial charge < -0.3 is 15.2 Å². The van der Waals surface area contributed by atoms with Gasteiger partial charge in [-0.1, -0.05) is 18.1 Å². The van der Waals surface area contributed by atoms with Crippen LogP contribution in [0.25, 0.3) is 0 Å². The van der Waals surface area contributed by atoms with Crippen LogP contribution in [-0.4, -0.2) is 23.0 Å². The van der Waals surface area contributed by atoms with Crippen molar-refractivity contribution >= 4 is 23.5 Å². The lowest BCUT2D eigenvalue weighted by Gasteiger charge is -2.15. The van der Waals surface area contributed by atoms with Crippen LogP contribution in [0.3, 0.4) is 0 Å². The van der Waals surface area contributed by atoms with E-state index in [1.807, 2.05) is 45.0 Å². The summed E-state index contributed by atoms with van der Waals surface area (Å²) < 4.78 is 5.15. The Morgan fingerprint density at radius 2 is 2.17 bits per heavy atom. The average Bonchev–Trinajstić information content (AvgIpc) is 2.79. The molecule has 0 aliphatic carbocycles. The molecule has 1 atom stereocenters. The number of rotatable bonds is 6. The van der Waals surface area contributed by atoms with Crippen molar-refractivity contribution in [3.63, 3.8) is 0 Å².